The molecule has 0 bridgehead atoms. The molecule has 2 aromatic rings. The number of hydrogen-bond acceptors (Lipinski definition) is 4. The van der Waals surface area contributed by atoms with Crippen LogP contribution in [0, 0.1) is 5.92 Å². The summed E-state index contributed by atoms with van der Waals surface area (Å²) in [5.74, 6) is -0.0222. The van der Waals surface area contributed by atoms with Crippen molar-refractivity contribution in [2.45, 2.75) is 19.9 Å². The molecule has 1 aromatic carbocycles. The van der Waals surface area contributed by atoms with Gasteiger partial charge in [0.05, 0.1) is 21.8 Å². The molecular formula is C12H16ClN3OS. The largest absolute Gasteiger partial charge is 0.325 e. The van der Waals surface area contributed by atoms with Crippen molar-refractivity contribution in [1.82, 2.24) is 4.98 Å². The predicted molar refractivity (Wildman–Crippen MR) is 78.3 cm³/mol. The van der Waals surface area contributed by atoms with Crippen LogP contribution in [0.15, 0.2) is 23.7 Å². The first kappa shape index (κ1) is 14.9. The molecule has 2 rings (SSSR count). The van der Waals surface area contributed by atoms with E-state index in [1.165, 1.54) is 0 Å². The number of fused-ring (bicyclic) bond motifs is 1. The van der Waals surface area contributed by atoms with E-state index in [1.807, 2.05) is 32.0 Å². The number of aromatic nitrogens is 1. The van der Waals surface area contributed by atoms with Crippen LogP contribution in [0.3, 0.4) is 0 Å². The molecule has 0 aliphatic rings. The maximum atomic E-state index is 11.8. The smallest absolute Gasteiger partial charge is 0.241 e. The molecule has 98 valence electrons. The number of nitrogens with one attached hydrogen (secondary N) is 1. The number of nitrogens with zero attached hydrogens (tertiary/aromatic N) is 1. The van der Waals surface area contributed by atoms with Crippen LogP contribution in [0.4, 0.5) is 5.69 Å². The summed E-state index contributed by atoms with van der Waals surface area (Å²) in [5, 5.41) is 2.82. The second-order valence-corrected chi connectivity index (χ2v) is 5.18. The Labute approximate surface area is 116 Å². The number of carbonyl (C=O) groups is 1. The Morgan fingerprint density at radius 1 is 1.44 bits per heavy atom. The van der Waals surface area contributed by atoms with Crippen LogP contribution in [0.2, 0.25) is 0 Å². The van der Waals surface area contributed by atoms with Crippen molar-refractivity contribution in [3.8, 4) is 0 Å². The summed E-state index contributed by atoms with van der Waals surface area (Å²) in [4.78, 5) is 16.0. The van der Waals surface area contributed by atoms with Gasteiger partial charge in [0, 0.05) is 5.69 Å². The molecule has 3 N–H and O–H groups in total. The molecule has 0 radical (unpaired) electrons. The van der Waals surface area contributed by atoms with Crippen LogP contribution in [-0.4, -0.2) is 16.9 Å². The minimum Gasteiger partial charge on any atom is -0.325 e. The zero-order valence-electron chi connectivity index (χ0n) is 10.2. The van der Waals surface area contributed by atoms with Gasteiger partial charge in [0.2, 0.25) is 5.91 Å². The molecule has 18 heavy (non-hydrogen) atoms. The molecule has 0 saturated heterocycles. The Hall–Kier alpha value is -1.17. The summed E-state index contributed by atoms with van der Waals surface area (Å²) in [6.07, 6.45) is 0. The van der Waals surface area contributed by atoms with Gasteiger partial charge in [0.15, 0.2) is 0 Å². The fourth-order valence-corrected chi connectivity index (χ4v) is 2.18. The van der Waals surface area contributed by atoms with Crippen molar-refractivity contribution in [2.24, 2.45) is 11.7 Å². The molecule has 0 spiro atoms. The van der Waals surface area contributed by atoms with E-state index in [4.69, 9.17) is 5.73 Å². The number of halogens is 1. The second-order valence-electron chi connectivity index (χ2n) is 4.29. The predicted octanol–water partition coefficient (Wildman–Crippen LogP) is 2.64. The van der Waals surface area contributed by atoms with Gasteiger partial charge in [0.25, 0.3) is 0 Å². The third-order valence-electron chi connectivity index (χ3n) is 2.62. The van der Waals surface area contributed by atoms with Gasteiger partial charge in [-0.15, -0.1) is 23.7 Å². The average Bonchev–Trinajstić information content (AvgIpc) is 2.74. The monoisotopic (exact) mass is 285 g/mol. The topological polar surface area (TPSA) is 68.0 Å². The van der Waals surface area contributed by atoms with Crippen molar-refractivity contribution in [1.29, 1.82) is 0 Å². The van der Waals surface area contributed by atoms with Crippen LogP contribution < -0.4 is 11.1 Å². The molecule has 4 nitrogen and oxygen atoms in total. The van der Waals surface area contributed by atoms with E-state index in [0.717, 1.165) is 15.9 Å². The van der Waals surface area contributed by atoms with Gasteiger partial charge in [-0.2, -0.15) is 0 Å². The normalized spacial score (nSPS) is 12.2. The molecular weight excluding hydrogens is 270 g/mol. The van der Waals surface area contributed by atoms with Crippen LogP contribution >= 0.6 is 23.7 Å². The fourth-order valence-electron chi connectivity index (χ4n) is 1.46. The highest BCUT2D eigenvalue weighted by Crippen LogP contribution is 2.21. The zero-order valence-corrected chi connectivity index (χ0v) is 11.8. The molecule has 6 heteroatoms. The van der Waals surface area contributed by atoms with E-state index in [9.17, 15) is 4.79 Å². The van der Waals surface area contributed by atoms with Crippen molar-refractivity contribution in [2.75, 3.05) is 5.32 Å². The summed E-state index contributed by atoms with van der Waals surface area (Å²) < 4.78 is 1.06. The number of benzene rings is 1. The first-order valence-electron chi connectivity index (χ1n) is 5.47. The summed E-state index contributed by atoms with van der Waals surface area (Å²) in [6.45, 7) is 3.85. The highest BCUT2D eigenvalue weighted by molar-refractivity contribution is 7.16. The minimum atomic E-state index is -0.479. The lowest BCUT2D eigenvalue weighted by Crippen LogP contribution is -2.39. The third kappa shape index (κ3) is 3.19. The summed E-state index contributed by atoms with van der Waals surface area (Å²) in [6, 6.07) is 5.17. The highest BCUT2D eigenvalue weighted by Gasteiger charge is 2.17. The van der Waals surface area contributed by atoms with E-state index < -0.39 is 6.04 Å². The van der Waals surface area contributed by atoms with Crippen molar-refractivity contribution in [3.05, 3.63) is 23.7 Å². The molecule has 0 unspecified atom stereocenters. The van der Waals surface area contributed by atoms with Crippen LogP contribution in [-0.2, 0) is 4.79 Å². The Balaban J connectivity index is 0.00000162. The van der Waals surface area contributed by atoms with E-state index in [2.05, 4.69) is 10.3 Å². The summed E-state index contributed by atoms with van der Waals surface area (Å²) in [5.41, 5.74) is 9.28. The first-order valence-corrected chi connectivity index (χ1v) is 6.35. The number of hydrogen-bond donors (Lipinski definition) is 2. The maximum Gasteiger partial charge on any atom is 0.241 e. The Morgan fingerprint density at radius 3 is 2.83 bits per heavy atom. The molecule has 1 aromatic heterocycles. The van der Waals surface area contributed by atoms with Crippen LogP contribution in [0.5, 0.6) is 0 Å². The van der Waals surface area contributed by atoms with Crippen molar-refractivity contribution < 1.29 is 4.79 Å². The van der Waals surface area contributed by atoms with Gasteiger partial charge in [-0.3, -0.25) is 4.79 Å². The second kappa shape index (κ2) is 6.13. The van der Waals surface area contributed by atoms with Crippen LogP contribution in [0.1, 0.15) is 13.8 Å². The van der Waals surface area contributed by atoms with Gasteiger partial charge >= 0.3 is 0 Å². The van der Waals surface area contributed by atoms with Crippen molar-refractivity contribution in [3.63, 3.8) is 0 Å². The van der Waals surface area contributed by atoms with E-state index in [-0.39, 0.29) is 24.2 Å². The lowest BCUT2D eigenvalue weighted by atomic mass is 10.1. The number of nitrogens with two attached hydrogens (primary N) is 1. The van der Waals surface area contributed by atoms with Crippen LogP contribution in [0.25, 0.3) is 10.2 Å². The standard InChI is InChI=1S/C12H15N3OS.ClH/c1-7(2)11(13)12(16)15-8-3-4-9-10(5-8)17-6-14-9;/h3-7,11H,13H2,1-2H3,(H,15,16);1H/t11-;/m1./s1. The SMILES string of the molecule is CC(C)[C@@H](N)C(=O)Nc1ccc2ncsc2c1.Cl. The van der Waals surface area contributed by atoms with Crippen molar-refractivity contribution >= 4 is 45.6 Å². The fraction of sp³-hybridized carbons (Fsp3) is 0.333. The third-order valence-corrected chi connectivity index (χ3v) is 3.41. The van der Waals surface area contributed by atoms with Gasteiger partial charge in [-0.05, 0) is 24.1 Å². The maximum absolute atomic E-state index is 11.8. The molecule has 0 aliphatic heterocycles. The molecule has 1 atom stereocenters. The highest BCUT2D eigenvalue weighted by atomic mass is 35.5. The Morgan fingerprint density at radius 2 is 2.17 bits per heavy atom. The van der Waals surface area contributed by atoms with E-state index >= 15 is 0 Å². The number of carbonyl (C=O) groups excluding carboxylic acids is 1. The quantitative estimate of drug-likeness (QED) is 0.911. The van der Waals surface area contributed by atoms with Gasteiger partial charge in [-0.25, -0.2) is 4.98 Å². The summed E-state index contributed by atoms with van der Waals surface area (Å²) >= 11 is 1.55. The van der Waals surface area contributed by atoms with Gasteiger partial charge < -0.3 is 11.1 Å². The number of thiazole rings is 1. The lowest BCUT2D eigenvalue weighted by molar-refractivity contribution is -0.118. The number of anilines is 1. The zero-order chi connectivity index (χ0) is 12.4. The van der Waals surface area contributed by atoms with Gasteiger partial charge in [-0.1, -0.05) is 13.8 Å². The first-order chi connectivity index (χ1) is 8.08. The Kier molecular flexibility index (Phi) is 5.07. The molecule has 1 amide bonds. The molecule has 1 heterocycles. The lowest BCUT2D eigenvalue weighted by Gasteiger charge is -2.15. The Bertz CT molecular complexity index is 541. The molecule has 0 aliphatic carbocycles. The molecule has 0 saturated carbocycles. The average molecular weight is 286 g/mol. The molecule has 0 fully saturated rings. The number of rotatable bonds is 3. The van der Waals surface area contributed by atoms with E-state index in [0.29, 0.717) is 0 Å². The van der Waals surface area contributed by atoms with E-state index in [1.54, 1.807) is 16.8 Å². The van der Waals surface area contributed by atoms with Gasteiger partial charge in [0.1, 0.15) is 0 Å². The summed E-state index contributed by atoms with van der Waals surface area (Å²) in [7, 11) is 0. The minimum absolute atomic E-state index is 0. The number of amides is 1.